The lowest BCUT2D eigenvalue weighted by Crippen LogP contribution is -2.46. The number of unbranched alkanes of at least 4 members (excludes halogenated alkanes) is 3. The SMILES string of the molecule is CC1(C)CCC(O)(CNC(=O)CCCCCCN)CC1. The van der Waals surface area contributed by atoms with E-state index in [-0.39, 0.29) is 5.91 Å². The molecule has 118 valence electrons. The first-order chi connectivity index (χ1) is 9.37. The summed E-state index contributed by atoms with van der Waals surface area (Å²) in [6.07, 6.45) is 8.30. The van der Waals surface area contributed by atoms with E-state index in [1.807, 2.05) is 0 Å². The molecule has 0 heterocycles. The van der Waals surface area contributed by atoms with Crippen molar-refractivity contribution in [2.45, 2.75) is 77.2 Å². The zero-order valence-electron chi connectivity index (χ0n) is 13.2. The molecule has 1 aliphatic carbocycles. The first-order valence-corrected chi connectivity index (χ1v) is 8.06. The Labute approximate surface area is 123 Å². The Balaban J connectivity index is 2.14. The summed E-state index contributed by atoms with van der Waals surface area (Å²) in [6.45, 7) is 5.62. The maximum atomic E-state index is 11.7. The van der Waals surface area contributed by atoms with Crippen LogP contribution in [0.25, 0.3) is 0 Å². The van der Waals surface area contributed by atoms with Crippen molar-refractivity contribution in [3.63, 3.8) is 0 Å². The number of aliphatic hydroxyl groups is 1. The maximum absolute atomic E-state index is 11.7. The summed E-state index contributed by atoms with van der Waals surface area (Å²) >= 11 is 0. The molecule has 4 nitrogen and oxygen atoms in total. The summed E-state index contributed by atoms with van der Waals surface area (Å²) in [5.74, 6) is 0.0657. The molecule has 1 amide bonds. The number of hydrogen-bond acceptors (Lipinski definition) is 3. The van der Waals surface area contributed by atoms with Crippen LogP contribution in [-0.4, -0.2) is 29.7 Å². The van der Waals surface area contributed by atoms with Crippen LogP contribution < -0.4 is 11.1 Å². The van der Waals surface area contributed by atoms with Gasteiger partial charge in [-0.05, 0) is 50.5 Å². The summed E-state index contributed by atoms with van der Waals surface area (Å²) in [6, 6.07) is 0. The van der Waals surface area contributed by atoms with Gasteiger partial charge in [0.15, 0.2) is 0 Å². The molecule has 0 radical (unpaired) electrons. The van der Waals surface area contributed by atoms with Crippen LogP contribution in [0.2, 0.25) is 0 Å². The Hall–Kier alpha value is -0.610. The zero-order valence-corrected chi connectivity index (χ0v) is 13.2. The minimum Gasteiger partial charge on any atom is -0.388 e. The van der Waals surface area contributed by atoms with Crippen molar-refractivity contribution in [3.8, 4) is 0 Å². The lowest BCUT2D eigenvalue weighted by molar-refractivity contribution is -0.123. The van der Waals surface area contributed by atoms with Crippen molar-refractivity contribution >= 4 is 5.91 Å². The number of carbonyl (C=O) groups is 1. The van der Waals surface area contributed by atoms with Gasteiger partial charge >= 0.3 is 0 Å². The average molecular weight is 284 g/mol. The quantitative estimate of drug-likeness (QED) is 0.599. The highest BCUT2D eigenvalue weighted by Crippen LogP contribution is 2.39. The Morgan fingerprint density at radius 3 is 2.30 bits per heavy atom. The number of rotatable bonds is 8. The van der Waals surface area contributed by atoms with Gasteiger partial charge in [-0.1, -0.05) is 26.7 Å². The summed E-state index contributed by atoms with van der Waals surface area (Å²) in [5, 5.41) is 13.4. The number of carbonyl (C=O) groups excluding carboxylic acids is 1. The second-order valence-corrected chi connectivity index (χ2v) is 7.12. The van der Waals surface area contributed by atoms with E-state index >= 15 is 0 Å². The Kier molecular flexibility index (Phi) is 6.96. The molecule has 1 saturated carbocycles. The summed E-state index contributed by atoms with van der Waals surface area (Å²) in [7, 11) is 0. The van der Waals surface area contributed by atoms with Crippen LogP contribution in [0.15, 0.2) is 0 Å². The molecule has 20 heavy (non-hydrogen) atoms. The molecular formula is C16H32N2O2. The second-order valence-electron chi connectivity index (χ2n) is 7.12. The standard InChI is InChI=1S/C16H32N2O2/c1-15(2)8-10-16(20,11-9-15)13-18-14(19)7-5-3-4-6-12-17/h20H,3-13,17H2,1-2H3,(H,18,19). The van der Waals surface area contributed by atoms with E-state index in [2.05, 4.69) is 19.2 Å². The topological polar surface area (TPSA) is 75.3 Å². The van der Waals surface area contributed by atoms with Crippen LogP contribution in [0, 0.1) is 5.41 Å². The molecule has 0 spiro atoms. The highest BCUT2D eigenvalue weighted by Gasteiger charge is 2.36. The van der Waals surface area contributed by atoms with Gasteiger partial charge in [0.05, 0.1) is 5.60 Å². The van der Waals surface area contributed by atoms with Gasteiger partial charge in [0, 0.05) is 13.0 Å². The molecular weight excluding hydrogens is 252 g/mol. The van der Waals surface area contributed by atoms with Gasteiger partial charge in [-0.3, -0.25) is 4.79 Å². The highest BCUT2D eigenvalue weighted by atomic mass is 16.3. The molecule has 0 aliphatic heterocycles. The summed E-state index contributed by atoms with van der Waals surface area (Å²) in [4.78, 5) is 11.7. The molecule has 0 aromatic carbocycles. The first-order valence-electron chi connectivity index (χ1n) is 8.06. The van der Waals surface area contributed by atoms with E-state index in [1.165, 1.54) is 0 Å². The van der Waals surface area contributed by atoms with E-state index in [1.54, 1.807) is 0 Å². The van der Waals surface area contributed by atoms with Gasteiger partial charge in [-0.25, -0.2) is 0 Å². The second kappa shape index (κ2) is 7.99. The Morgan fingerprint density at radius 2 is 1.70 bits per heavy atom. The van der Waals surface area contributed by atoms with Crippen LogP contribution in [0.3, 0.4) is 0 Å². The average Bonchev–Trinajstić information content (AvgIpc) is 2.40. The Morgan fingerprint density at radius 1 is 1.10 bits per heavy atom. The molecule has 0 bridgehead atoms. The van der Waals surface area contributed by atoms with Crippen molar-refractivity contribution in [2.24, 2.45) is 11.1 Å². The molecule has 1 aliphatic rings. The fraction of sp³-hybridized carbons (Fsp3) is 0.938. The molecule has 0 unspecified atom stereocenters. The number of nitrogens with two attached hydrogens (primary N) is 1. The molecule has 4 heteroatoms. The van der Waals surface area contributed by atoms with Crippen molar-refractivity contribution in [1.82, 2.24) is 5.32 Å². The monoisotopic (exact) mass is 284 g/mol. The fourth-order valence-corrected chi connectivity index (χ4v) is 2.70. The molecule has 0 aromatic rings. The smallest absolute Gasteiger partial charge is 0.220 e. The minimum absolute atomic E-state index is 0.0657. The first kappa shape index (κ1) is 17.4. The van der Waals surface area contributed by atoms with Crippen LogP contribution in [0.5, 0.6) is 0 Å². The van der Waals surface area contributed by atoms with Crippen molar-refractivity contribution in [3.05, 3.63) is 0 Å². The van der Waals surface area contributed by atoms with Gasteiger partial charge < -0.3 is 16.2 Å². The molecule has 0 atom stereocenters. The third-order valence-corrected chi connectivity index (χ3v) is 4.51. The van der Waals surface area contributed by atoms with Crippen molar-refractivity contribution in [1.29, 1.82) is 0 Å². The third-order valence-electron chi connectivity index (χ3n) is 4.51. The lowest BCUT2D eigenvalue weighted by Gasteiger charge is -2.40. The number of amides is 1. The normalized spacial score (nSPS) is 20.6. The molecule has 1 fully saturated rings. The van der Waals surface area contributed by atoms with Gasteiger partial charge in [-0.2, -0.15) is 0 Å². The maximum Gasteiger partial charge on any atom is 0.220 e. The molecule has 1 rings (SSSR count). The van der Waals surface area contributed by atoms with Crippen LogP contribution in [0.1, 0.15) is 71.6 Å². The van der Waals surface area contributed by atoms with Gasteiger partial charge in [0.25, 0.3) is 0 Å². The summed E-state index contributed by atoms with van der Waals surface area (Å²) in [5.41, 5.74) is 5.07. The predicted octanol–water partition coefficient (Wildman–Crippen LogP) is 2.34. The van der Waals surface area contributed by atoms with E-state index in [0.29, 0.717) is 18.4 Å². The Bertz CT molecular complexity index is 293. The third kappa shape index (κ3) is 6.71. The van der Waals surface area contributed by atoms with Gasteiger partial charge in [0.2, 0.25) is 5.91 Å². The van der Waals surface area contributed by atoms with E-state index in [0.717, 1.165) is 57.9 Å². The van der Waals surface area contributed by atoms with E-state index in [9.17, 15) is 9.90 Å². The number of hydrogen-bond donors (Lipinski definition) is 3. The highest BCUT2D eigenvalue weighted by molar-refractivity contribution is 5.75. The van der Waals surface area contributed by atoms with Crippen LogP contribution in [-0.2, 0) is 4.79 Å². The van der Waals surface area contributed by atoms with Crippen LogP contribution in [0.4, 0.5) is 0 Å². The zero-order chi connectivity index (χ0) is 15.1. The van der Waals surface area contributed by atoms with E-state index in [4.69, 9.17) is 5.73 Å². The fourth-order valence-electron chi connectivity index (χ4n) is 2.70. The molecule has 0 aromatic heterocycles. The minimum atomic E-state index is -0.690. The molecule has 4 N–H and O–H groups in total. The van der Waals surface area contributed by atoms with Crippen molar-refractivity contribution in [2.75, 3.05) is 13.1 Å². The van der Waals surface area contributed by atoms with Crippen LogP contribution >= 0.6 is 0 Å². The van der Waals surface area contributed by atoms with E-state index < -0.39 is 5.60 Å². The lowest BCUT2D eigenvalue weighted by atomic mass is 9.71. The predicted molar refractivity (Wildman–Crippen MR) is 82.3 cm³/mol. The van der Waals surface area contributed by atoms with Gasteiger partial charge in [0.1, 0.15) is 0 Å². The number of nitrogens with one attached hydrogen (secondary N) is 1. The molecule has 0 saturated heterocycles. The van der Waals surface area contributed by atoms with Crippen molar-refractivity contribution < 1.29 is 9.90 Å². The van der Waals surface area contributed by atoms with Gasteiger partial charge in [-0.15, -0.1) is 0 Å². The largest absolute Gasteiger partial charge is 0.388 e. The summed E-state index contributed by atoms with van der Waals surface area (Å²) < 4.78 is 0.